The van der Waals surface area contributed by atoms with Crippen LogP contribution in [-0.4, -0.2) is 38.0 Å². The van der Waals surface area contributed by atoms with Crippen LogP contribution in [0.4, 0.5) is 15.3 Å². The van der Waals surface area contributed by atoms with Crippen molar-refractivity contribution in [3.05, 3.63) is 58.6 Å². The summed E-state index contributed by atoms with van der Waals surface area (Å²) >= 11 is 1.57. The number of carbonyl (C=O) groups is 1. The Kier molecular flexibility index (Phi) is 5.26. The number of imidazole rings is 1. The molecule has 1 aromatic carbocycles. The number of nitrogens with one attached hydrogen (secondary N) is 2. The maximum Gasteiger partial charge on any atom is 0.257 e. The molecule has 4 heterocycles. The van der Waals surface area contributed by atoms with Gasteiger partial charge >= 0.3 is 0 Å². The molecular weight excluding hydrogens is 453 g/mol. The number of alkyl halides is 1. The molecule has 1 aliphatic heterocycles. The molecule has 1 saturated heterocycles. The molecule has 0 saturated carbocycles. The molecule has 2 aliphatic rings. The van der Waals surface area contributed by atoms with Crippen molar-refractivity contribution in [2.45, 2.75) is 44.3 Å². The van der Waals surface area contributed by atoms with E-state index in [1.54, 1.807) is 35.9 Å². The lowest BCUT2D eigenvalue weighted by Gasteiger charge is -2.08. The van der Waals surface area contributed by atoms with Gasteiger partial charge in [-0.3, -0.25) is 14.5 Å². The van der Waals surface area contributed by atoms with Gasteiger partial charge in [0.2, 0.25) is 0 Å². The van der Waals surface area contributed by atoms with Gasteiger partial charge in [0, 0.05) is 41.4 Å². The molecule has 1 aliphatic carbocycles. The fraction of sp³-hybridized carbons (Fsp3) is 0.333. The standard InChI is InChI=1S/C24H24FN7OS/c25-15-11-17(28-12-15)22-30-19(20-21(26)27-9-10-32(20)22)13-5-7-14(8-6-13)23(33)31-24-29-16-3-1-2-4-18(16)34-24/h5-10,15,17,28H,1-4,11-12H2,(H2,26,27)(H,29,31,33)/t15-,17+/m1/s1. The van der Waals surface area contributed by atoms with Crippen molar-refractivity contribution < 1.29 is 9.18 Å². The van der Waals surface area contributed by atoms with Crippen LogP contribution in [0.25, 0.3) is 16.8 Å². The highest BCUT2D eigenvalue weighted by atomic mass is 32.1. The molecule has 3 aromatic heterocycles. The van der Waals surface area contributed by atoms with Gasteiger partial charge in [0.25, 0.3) is 5.91 Å². The summed E-state index contributed by atoms with van der Waals surface area (Å²) in [7, 11) is 0. The molecule has 4 N–H and O–H groups in total. The molecule has 34 heavy (non-hydrogen) atoms. The monoisotopic (exact) mass is 477 g/mol. The minimum atomic E-state index is -0.902. The maximum absolute atomic E-state index is 13.8. The molecule has 1 amide bonds. The van der Waals surface area contributed by atoms with Gasteiger partial charge in [-0.1, -0.05) is 12.1 Å². The summed E-state index contributed by atoms with van der Waals surface area (Å²) in [5, 5.41) is 6.77. The number of carbonyl (C=O) groups excluding carboxylic acids is 1. The molecule has 4 aromatic rings. The van der Waals surface area contributed by atoms with Crippen molar-refractivity contribution in [3.63, 3.8) is 0 Å². The number of amides is 1. The molecule has 8 nitrogen and oxygen atoms in total. The van der Waals surface area contributed by atoms with E-state index in [9.17, 15) is 9.18 Å². The lowest BCUT2D eigenvalue weighted by Crippen LogP contribution is -2.16. The second-order valence-electron chi connectivity index (χ2n) is 8.77. The van der Waals surface area contributed by atoms with E-state index in [0.29, 0.717) is 46.5 Å². The first-order chi connectivity index (χ1) is 16.6. The summed E-state index contributed by atoms with van der Waals surface area (Å²) in [5.41, 5.74) is 9.99. The lowest BCUT2D eigenvalue weighted by molar-refractivity contribution is 0.102. The Balaban J connectivity index is 1.29. The van der Waals surface area contributed by atoms with E-state index >= 15 is 0 Å². The number of nitrogens with zero attached hydrogens (tertiary/aromatic N) is 4. The third kappa shape index (κ3) is 3.72. The van der Waals surface area contributed by atoms with E-state index in [4.69, 9.17) is 10.7 Å². The number of anilines is 2. The maximum atomic E-state index is 13.8. The predicted molar refractivity (Wildman–Crippen MR) is 130 cm³/mol. The number of halogens is 1. The zero-order chi connectivity index (χ0) is 23.2. The van der Waals surface area contributed by atoms with Gasteiger partial charge in [0.1, 0.15) is 29.0 Å². The van der Waals surface area contributed by atoms with E-state index in [2.05, 4.69) is 20.6 Å². The van der Waals surface area contributed by atoms with Gasteiger partial charge in [-0.25, -0.2) is 19.3 Å². The van der Waals surface area contributed by atoms with Crippen LogP contribution in [0.5, 0.6) is 0 Å². The second kappa shape index (κ2) is 8.44. The molecule has 6 rings (SSSR count). The molecule has 2 atom stereocenters. The molecular formula is C24H24FN7OS. The first-order valence-corrected chi connectivity index (χ1v) is 12.3. The minimum absolute atomic E-state index is 0.196. The van der Waals surface area contributed by atoms with Crippen molar-refractivity contribution in [2.75, 3.05) is 17.6 Å². The smallest absolute Gasteiger partial charge is 0.257 e. The van der Waals surface area contributed by atoms with E-state index in [0.717, 1.165) is 30.5 Å². The summed E-state index contributed by atoms with van der Waals surface area (Å²) in [6, 6.07) is 7.02. The molecule has 10 heteroatoms. The summed E-state index contributed by atoms with van der Waals surface area (Å²) < 4.78 is 15.7. The zero-order valence-corrected chi connectivity index (χ0v) is 19.2. The van der Waals surface area contributed by atoms with Crippen LogP contribution in [0, 0.1) is 0 Å². The van der Waals surface area contributed by atoms with Crippen molar-refractivity contribution in [3.8, 4) is 11.3 Å². The highest BCUT2D eigenvalue weighted by Crippen LogP contribution is 2.33. The van der Waals surface area contributed by atoms with Gasteiger partial charge in [-0.2, -0.15) is 0 Å². The number of aromatic nitrogens is 4. The number of hydrogen-bond acceptors (Lipinski definition) is 7. The SMILES string of the molecule is Nc1nccn2c([C@@H]3C[C@@H](F)CN3)nc(-c3ccc(C(=O)Nc4nc5c(s4)CCCC5)cc3)c12. The van der Waals surface area contributed by atoms with Gasteiger partial charge < -0.3 is 11.1 Å². The predicted octanol–water partition coefficient (Wildman–Crippen LogP) is 3.94. The van der Waals surface area contributed by atoms with E-state index < -0.39 is 6.17 Å². The molecule has 0 radical (unpaired) electrons. The van der Waals surface area contributed by atoms with Gasteiger partial charge in [-0.15, -0.1) is 11.3 Å². The van der Waals surface area contributed by atoms with Crippen molar-refractivity contribution in [1.29, 1.82) is 0 Å². The third-order valence-corrected chi connectivity index (χ3v) is 7.56. The third-order valence-electron chi connectivity index (χ3n) is 6.49. The largest absolute Gasteiger partial charge is 0.382 e. The second-order valence-corrected chi connectivity index (χ2v) is 9.85. The van der Waals surface area contributed by atoms with E-state index in [1.165, 1.54) is 11.3 Å². The Labute approximate surface area is 199 Å². The Morgan fingerprint density at radius 1 is 1.21 bits per heavy atom. The first-order valence-electron chi connectivity index (χ1n) is 11.5. The van der Waals surface area contributed by atoms with E-state index in [1.807, 2.05) is 16.5 Å². The quantitative estimate of drug-likeness (QED) is 0.411. The van der Waals surface area contributed by atoms with Gasteiger partial charge in [0.05, 0.1) is 11.7 Å². The average molecular weight is 478 g/mol. The molecule has 174 valence electrons. The van der Waals surface area contributed by atoms with Crippen LogP contribution in [0.2, 0.25) is 0 Å². The van der Waals surface area contributed by atoms with Crippen LogP contribution < -0.4 is 16.4 Å². The summed E-state index contributed by atoms with van der Waals surface area (Å²) in [6.07, 6.45) is 7.22. The Morgan fingerprint density at radius 2 is 2.03 bits per heavy atom. The number of benzene rings is 1. The minimum Gasteiger partial charge on any atom is -0.382 e. The van der Waals surface area contributed by atoms with Crippen molar-refractivity contribution in [1.82, 2.24) is 24.7 Å². The van der Waals surface area contributed by atoms with Gasteiger partial charge in [0.15, 0.2) is 5.13 Å². The van der Waals surface area contributed by atoms with E-state index in [-0.39, 0.29) is 11.9 Å². The molecule has 1 fully saturated rings. The number of aryl methyl sites for hydroxylation is 2. The van der Waals surface area contributed by atoms with Gasteiger partial charge in [-0.05, 0) is 37.8 Å². The zero-order valence-electron chi connectivity index (χ0n) is 18.4. The lowest BCUT2D eigenvalue weighted by atomic mass is 10.0. The first kappa shape index (κ1) is 21.2. The average Bonchev–Trinajstić information content (AvgIpc) is 3.55. The van der Waals surface area contributed by atoms with Crippen molar-refractivity contribution >= 4 is 33.7 Å². The molecule has 0 bridgehead atoms. The van der Waals surface area contributed by atoms with Crippen LogP contribution in [0.1, 0.15) is 52.1 Å². The van der Waals surface area contributed by atoms with Crippen LogP contribution in [-0.2, 0) is 12.8 Å². The highest BCUT2D eigenvalue weighted by Gasteiger charge is 2.30. The van der Waals surface area contributed by atoms with Crippen molar-refractivity contribution in [2.24, 2.45) is 0 Å². The number of thiazole rings is 1. The number of nitrogen functional groups attached to an aromatic ring is 1. The Bertz CT molecular complexity index is 1360. The van der Waals surface area contributed by atoms with Crippen LogP contribution >= 0.6 is 11.3 Å². The summed E-state index contributed by atoms with van der Waals surface area (Å²) in [5.74, 6) is 0.854. The Hall–Kier alpha value is -3.37. The fourth-order valence-corrected chi connectivity index (χ4v) is 5.82. The normalized spacial score (nSPS) is 19.9. The number of nitrogens with two attached hydrogens (primary N) is 1. The topological polar surface area (TPSA) is 110 Å². The fourth-order valence-electron chi connectivity index (χ4n) is 4.78. The summed E-state index contributed by atoms with van der Waals surface area (Å²) in [6.45, 7) is 0.307. The number of rotatable bonds is 4. The number of hydrogen-bond donors (Lipinski definition) is 3. The summed E-state index contributed by atoms with van der Waals surface area (Å²) in [4.78, 5) is 27.7. The highest BCUT2D eigenvalue weighted by molar-refractivity contribution is 7.15. The number of fused-ring (bicyclic) bond motifs is 2. The molecule has 0 unspecified atom stereocenters. The van der Waals surface area contributed by atoms with Crippen LogP contribution in [0.15, 0.2) is 36.7 Å². The molecule has 0 spiro atoms. The Morgan fingerprint density at radius 3 is 2.79 bits per heavy atom. The van der Waals surface area contributed by atoms with Crippen LogP contribution in [0.3, 0.4) is 0 Å².